The highest BCUT2D eigenvalue weighted by Crippen LogP contribution is 2.41. The lowest BCUT2D eigenvalue weighted by Gasteiger charge is -2.15. The Hall–Kier alpha value is -4.06. The van der Waals surface area contributed by atoms with E-state index in [4.69, 9.17) is 19.2 Å². The minimum atomic E-state index is -0.139. The summed E-state index contributed by atoms with van der Waals surface area (Å²) in [6, 6.07) is 21.4. The normalized spacial score (nSPS) is 10.7. The molecule has 0 fully saturated rings. The number of aromatic nitrogens is 1. The monoisotopic (exact) mass is 456 g/mol. The predicted molar refractivity (Wildman–Crippen MR) is 134 cm³/mol. The van der Waals surface area contributed by atoms with E-state index in [1.807, 2.05) is 42.5 Å². The van der Waals surface area contributed by atoms with Gasteiger partial charge in [0.25, 0.3) is 5.91 Å². The van der Waals surface area contributed by atoms with Crippen molar-refractivity contribution < 1.29 is 19.0 Å². The second-order valence-corrected chi connectivity index (χ2v) is 7.98. The molecular formula is C28H28N2O4. The number of nitrogens with one attached hydrogen (secondary N) is 1. The van der Waals surface area contributed by atoms with Gasteiger partial charge in [-0.1, -0.05) is 48.0 Å². The lowest BCUT2D eigenvalue weighted by atomic mass is 10.0. The SMILES string of the molecule is COc1cc(-c2cc(C(=O)NCCc3ccc(C)cc3)c3ccccc3n2)cc(OC)c1OC. The van der Waals surface area contributed by atoms with Crippen LogP contribution in [0.25, 0.3) is 22.2 Å². The van der Waals surface area contributed by atoms with Gasteiger partial charge in [-0.15, -0.1) is 0 Å². The van der Waals surface area contributed by atoms with Crippen molar-refractivity contribution in [3.63, 3.8) is 0 Å². The number of benzene rings is 3. The van der Waals surface area contributed by atoms with Gasteiger partial charge >= 0.3 is 0 Å². The number of carbonyl (C=O) groups excluding carboxylic acids is 1. The largest absolute Gasteiger partial charge is 0.493 e. The first-order valence-corrected chi connectivity index (χ1v) is 11.1. The number of aryl methyl sites for hydroxylation is 1. The van der Waals surface area contributed by atoms with E-state index < -0.39 is 0 Å². The molecule has 0 spiro atoms. The third kappa shape index (κ3) is 4.81. The molecule has 0 aliphatic carbocycles. The number of pyridine rings is 1. The van der Waals surface area contributed by atoms with Crippen LogP contribution in [0, 0.1) is 6.92 Å². The summed E-state index contributed by atoms with van der Waals surface area (Å²) in [6.07, 6.45) is 0.759. The Morgan fingerprint density at radius 1 is 0.882 bits per heavy atom. The zero-order chi connectivity index (χ0) is 24.1. The fourth-order valence-electron chi connectivity index (χ4n) is 3.91. The van der Waals surface area contributed by atoms with Gasteiger partial charge < -0.3 is 19.5 Å². The first kappa shape index (κ1) is 23.1. The number of ether oxygens (including phenoxy) is 3. The van der Waals surface area contributed by atoms with E-state index in [9.17, 15) is 4.79 Å². The van der Waals surface area contributed by atoms with Gasteiger partial charge in [0.1, 0.15) is 0 Å². The molecule has 4 rings (SSSR count). The van der Waals surface area contributed by atoms with E-state index >= 15 is 0 Å². The first-order valence-electron chi connectivity index (χ1n) is 11.1. The fourth-order valence-corrected chi connectivity index (χ4v) is 3.91. The van der Waals surface area contributed by atoms with E-state index in [2.05, 4.69) is 36.5 Å². The van der Waals surface area contributed by atoms with Gasteiger partial charge in [-0.05, 0) is 43.2 Å². The Labute approximate surface area is 199 Å². The smallest absolute Gasteiger partial charge is 0.252 e. The first-order chi connectivity index (χ1) is 16.5. The summed E-state index contributed by atoms with van der Waals surface area (Å²) >= 11 is 0. The molecule has 0 unspecified atom stereocenters. The molecule has 0 aliphatic heterocycles. The fraction of sp³-hybridized carbons (Fsp3) is 0.214. The molecule has 3 aromatic carbocycles. The van der Waals surface area contributed by atoms with Crippen LogP contribution in [0.3, 0.4) is 0 Å². The summed E-state index contributed by atoms with van der Waals surface area (Å²) in [5.41, 5.74) is 5.10. The van der Waals surface area contributed by atoms with Gasteiger partial charge in [0.05, 0.1) is 38.1 Å². The second-order valence-electron chi connectivity index (χ2n) is 7.98. The summed E-state index contributed by atoms with van der Waals surface area (Å²) < 4.78 is 16.4. The van der Waals surface area contributed by atoms with Crippen LogP contribution in [0.5, 0.6) is 17.2 Å². The highest BCUT2D eigenvalue weighted by atomic mass is 16.5. The van der Waals surface area contributed by atoms with Crippen LogP contribution in [0.2, 0.25) is 0 Å². The third-order valence-corrected chi connectivity index (χ3v) is 5.74. The molecule has 6 heteroatoms. The molecule has 1 heterocycles. The van der Waals surface area contributed by atoms with E-state index in [-0.39, 0.29) is 5.91 Å². The molecule has 0 saturated heterocycles. The summed E-state index contributed by atoms with van der Waals surface area (Å²) in [6.45, 7) is 2.60. The molecule has 0 bridgehead atoms. The molecule has 34 heavy (non-hydrogen) atoms. The van der Waals surface area contributed by atoms with Crippen molar-refractivity contribution in [2.75, 3.05) is 27.9 Å². The Balaban J connectivity index is 1.68. The van der Waals surface area contributed by atoms with Gasteiger partial charge in [0.2, 0.25) is 5.75 Å². The Kier molecular flexibility index (Phi) is 6.97. The van der Waals surface area contributed by atoms with Gasteiger partial charge in [-0.2, -0.15) is 0 Å². The highest BCUT2D eigenvalue weighted by Gasteiger charge is 2.18. The zero-order valence-electron chi connectivity index (χ0n) is 19.8. The van der Waals surface area contributed by atoms with Crippen LogP contribution < -0.4 is 19.5 Å². The summed E-state index contributed by atoms with van der Waals surface area (Å²) in [5, 5.41) is 3.86. The molecule has 0 atom stereocenters. The number of rotatable bonds is 8. The average molecular weight is 457 g/mol. The predicted octanol–water partition coefficient (Wildman–Crippen LogP) is 5.21. The summed E-state index contributed by atoms with van der Waals surface area (Å²) in [7, 11) is 4.71. The number of nitrogens with zero attached hydrogens (tertiary/aromatic N) is 1. The number of amides is 1. The minimum absolute atomic E-state index is 0.139. The molecule has 174 valence electrons. The maximum absolute atomic E-state index is 13.2. The lowest BCUT2D eigenvalue weighted by molar-refractivity contribution is 0.0955. The van der Waals surface area contributed by atoms with Crippen molar-refractivity contribution >= 4 is 16.8 Å². The van der Waals surface area contributed by atoms with Gasteiger partial charge in [0, 0.05) is 17.5 Å². The van der Waals surface area contributed by atoms with Crippen molar-refractivity contribution in [1.29, 1.82) is 0 Å². The maximum Gasteiger partial charge on any atom is 0.252 e. The van der Waals surface area contributed by atoms with Crippen LogP contribution in [0.4, 0.5) is 0 Å². The van der Waals surface area contributed by atoms with Crippen LogP contribution in [-0.4, -0.2) is 38.8 Å². The van der Waals surface area contributed by atoms with E-state index in [0.717, 1.165) is 22.9 Å². The lowest BCUT2D eigenvalue weighted by Crippen LogP contribution is -2.26. The van der Waals surface area contributed by atoms with Crippen LogP contribution in [0.15, 0.2) is 66.7 Å². The Bertz CT molecular complexity index is 1290. The minimum Gasteiger partial charge on any atom is -0.493 e. The quantitative estimate of drug-likeness (QED) is 0.394. The van der Waals surface area contributed by atoms with E-state index in [1.165, 1.54) is 11.1 Å². The maximum atomic E-state index is 13.2. The van der Waals surface area contributed by atoms with Gasteiger partial charge in [-0.3, -0.25) is 4.79 Å². The second kappa shape index (κ2) is 10.3. The standard InChI is InChI=1S/C28H28N2O4/c1-18-9-11-19(12-10-18)13-14-29-28(31)22-17-24(30-23-8-6-5-7-21(22)23)20-15-25(32-2)27(34-4)26(16-20)33-3/h5-12,15-17H,13-14H2,1-4H3,(H,29,31). The van der Waals surface area contributed by atoms with Gasteiger partial charge in [-0.25, -0.2) is 4.98 Å². The number of methoxy groups -OCH3 is 3. The molecule has 1 N–H and O–H groups in total. The molecule has 0 radical (unpaired) electrons. The van der Waals surface area contributed by atoms with Crippen LogP contribution in [0.1, 0.15) is 21.5 Å². The van der Waals surface area contributed by atoms with Crippen molar-refractivity contribution in [1.82, 2.24) is 10.3 Å². The molecule has 0 saturated carbocycles. The molecule has 1 aromatic heterocycles. The summed E-state index contributed by atoms with van der Waals surface area (Å²) in [4.78, 5) is 18.0. The number of carbonyl (C=O) groups is 1. The van der Waals surface area contributed by atoms with Crippen molar-refractivity contribution in [2.45, 2.75) is 13.3 Å². The van der Waals surface area contributed by atoms with Gasteiger partial charge in [0.15, 0.2) is 11.5 Å². The molecule has 1 amide bonds. The number of fused-ring (bicyclic) bond motifs is 1. The Morgan fingerprint density at radius 3 is 2.21 bits per heavy atom. The Morgan fingerprint density at radius 2 is 1.56 bits per heavy atom. The molecule has 4 aromatic rings. The number of hydrogen-bond donors (Lipinski definition) is 1. The van der Waals surface area contributed by atoms with E-state index in [1.54, 1.807) is 21.3 Å². The topological polar surface area (TPSA) is 69.7 Å². The van der Waals surface area contributed by atoms with E-state index in [0.29, 0.717) is 35.1 Å². The van der Waals surface area contributed by atoms with Crippen molar-refractivity contribution in [2.24, 2.45) is 0 Å². The highest BCUT2D eigenvalue weighted by molar-refractivity contribution is 6.07. The average Bonchev–Trinajstić information content (AvgIpc) is 2.88. The number of hydrogen-bond acceptors (Lipinski definition) is 5. The van der Waals surface area contributed by atoms with Crippen LogP contribution in [-0.2, 0) is 6.42 Å². The number of para-hydroxylation sites is 1. The molecule has 0 aliphatic rings. The zero-order valence-corrected chi connectivity index (χ0v) is 19.8. The molecule has 6 nitrogen and oxygen atoms in total. The van der Waals surface area contributed by atoms with Crippen molar-refractivity contribution in [3.05, 3.63) is 83.4 Å². The molecular weight excluding hydrogens is 428 g/mol. The third-order valence-electron chi connectivity index (χ3n) is 5.74. The summed E-state index contributed by atoms with van der Waals surface area (Å²) in [5.74, 6) is 1.41. The van der Waals surface area contributed by atoms with Crippen molar-refractivity contribution in [3.8, 4) is 28.5 Å². The van der Waals surface area contributed by atoms with Crippen LogP contribution >= 0.6 is 0 Å².